The first-order valence-corrected chi connectivity index (χ1v) is 9.97. The number of hydrogen-bond acceptors (Lipinski definition) is 3. The van der Waals surface area contributed by atoms with Crippen LogP contribution in [0, 0.1) is 29.1 Å². The van der Waals surface area contributed by atoms with Crippen molar-refractivity contribution in [1.82, 2.24) is 5.32 Å². The number of amides is 1. The first-order chi connectivity index (χ1) is 12.6. The maximum atomic E-state index is 13.1. The van der Waals surface area contributed by atoms with Gasteiger partial charge in [0.25, 0.3) is 0 Å². The molecule has 0 unspecified atom stereocenters. The third-order valence-corrected chi connectivity index (χ3v) is 6.95. The van der Waals surface area contributed by atoms with Crippen LogP contribution in [-0.4, -0.2) is 19.1 Å². The number of rotatable bonds is 4. The molecule has 1 aromatic rings. The molecule has 138 valence electrons. The Morgan fingerprint density at radius 2 is 1.92 bits per heavy atom. The SMILES string of the molecule is CC(C)[C@@H](NC(=O)[C@H]1C[C@H]2C=C[C@H]1C21CC1)c1ccc2c(c1)OCCO2. The smallest absolute Gasteiger partial charge is 0.224 e. The maximum Gasteiger partial charge on any atom is 0.224 e. The van der Waals surface area contributed by atoms with Gasteiger partial charge in [0, 0.05) is 5.92 Å². The minimum atomic E-state index is -0.00316. The van der Waals surface area contributed by atoms with E-state index in [4.69, 9.17) is 9.47 Å². The van der Waals surface area contributed by atoms with E-state index >= 15 is 0 Å². The number of carbonyl (C=O) groups excluding carboxylic acids is 1. The zero-order valence-electron chi connectivity index (χ0n) is 15.5. The van der Waals surface area contributed by atoms with E-state index in [9.17, 15) is 4.79 Å². The predicted molar refractivity (Wildman–Crippen MR) is 99.0 cm³/mol. The largest absolute Gasteiger partial charge is 0.486 e. The van der Waals surface area contributed by atoms with E-state index < -0.39 is 0 Å². The summed E-state index contributed by atoms with van der Waals surface area (Å²) < 4.78 is 11.4. The molecule has 0 aromatic heterocycles. The van der Waals surface area contributed by atoms with Gasteiger partial charge < -0.3 is 14.8 Å². The number of carbonyl (C=O) groups is 1. The van der Waals surface area contributed by atoms with Gasteiger partial charge in [-0.2, -0.15) is 0 Å². The molecule has 4 nitrogen and oxygen atoms in total. The Bertz CT molecular complexity index is 765. The summed E-state index contributed by atoms with van der Waals surface area (Å²) in [5.74, 6) is 3.35. The number of benzene rings is 1. The van der Waals surface area contributed by atoms with Crippen molar-refractivity contribution < 1.29 is 14.3 Å². The summed E-state index contributed by atoms with van der Waals surface area (Å²) in [4.78, 5) is 13.1. The van der Waals surface area contributed by atoms with Crippen LogP contribution in [0.25, 0.3) is 0 Å². The van der Waals surface area contributed by atoms with Gasteiger partial charge in [0.1, 0.15) is 13.2 Å². The van der Waals surface area contributed by atoms with Gasteiger partial charge >= 0.3 is 0 Å². The van der Waals surface area contributed by atoms with Crippen molar-refractivity contribution >= 4 is 5.91 Å². The van der Waals surface area contributed by atoms with Crippen LogP contribution >= 0.6 is 0 Å². The summed E-state index contributed by atoms with van der Waals surface area (Å²) in [6, 6.07) is 6.05. The van der Waals surface area contributed by atoms with E-state index in [2.05, 4.69) is 37.4 Å². The summed E-state index contributed by atoms with van der Waals surface area (Å²) in [6.07, 6.45) is 8.31. The minimum absolute atomic E-state index is 0.00316. The Labute approximate surface area is 154 Å². The number of hydrogen-bond donors (Lipinski definition) is 1. The van der Waals surface area contributed by atoms with Crippen LogP contribution in [0.2, 0.25) is 0 Å². The van der Waals surface area contributed by atoms with E-state index in [1.54, 1.807) is 0 Å². The van der Waals surface area contributed by atoms with Gasteiger partial charge in [0.2, 0.25) is 5.91 Å². The van der Waals surface area contributed by atoms with Crippen LogP contribution in [0.15, 0.2) is 30.4 Å². The number of allylic oxidation sites excluding steroid dienone is 2. The number of nitrogens with one attached hydrogen (secondary N) is 1. The molecule has 1 aromatic carbocycles. The normalized spacial score (nSPS) is 30.7. The van der Waals surface area contributed by atoms with E-state index in [0.29, 0.717) is 36.4 Å². The van der Waals surface area contributed by atoms with E-state index in [0.717, 1.165) is 23.5 Å². The summed E-state index contributed by atoms with van der Waals surface area (Å²) in [6.45, 7) is 5.49. The molecular weight excluding hydrogens is 326 g/mol. The van der Waals surface area contributed by atoms with Gasteiger partial charge in [-0.05, 0) is 60.1 Å². The molecule has 0 saturated heterocycles. The molecule has 2 bridgehead atoms. The second-order valence-electron chi connectivity index (χ2n) is 8.73. The lowest BCUT2D eigenvalue weighted by atomic mass is 9.87. The topological polar surface area (TPSA) is 47.6 Å². The molecule has 4 heteroatoms. The van der Waals surface area contributed by atoms with Crippen molar-refractivity contribution in [2.24, 2.45) is 29.1 Å². The Balaban J connectivity index is 1.35. The lowest BCUT2D eigenvalue weighted by Crippen LogP contribution is -2.38. The fraction of sp³-hybridized carbons (Fsp3) is 0.591. The van der Waals surface area contributed by atoms with Gasteiger partial charge in [-0.1, -0.05) is 32.1 Å². The minimum Gasteiger partial charge on any atom is -0.486 e. The summed E-state index contributed by atoms with van der Waals surface area (Å²) in [7, 11) is 0. The fourth-order valence-corrected chi connectivity index (χ4v) is 5.42. The van der Waals surface area contributed by atoms with Gasteiger partial charge in [0.15, 0.2) is 11.5 Å². The fourth-order valence-electron chi connectivity index (χ4n) is 5.42. The third kappa shape index (κ3) is 2.38. The summed E-state index contributed by atoms with van der Waals surface area (Å²) in [5.41, 5.74) is 1.55. The molecule has 0 radical (unpaired) electrons. The molecule has 1 amide bonds. The molecule has 4 aliphatic rings. The van der Waals surface area contributed by atoms with E-state index in [-0.39, 0.29) is 17.9 Å². The van der Waals surface area contributed by atoms with Crippen molar-refractivity contribution in [2.45, 2.75) is 39.2 Å². The molecule has 1 heterocycles. The average molecular weight is 353 g/mol. The van der Waals surface area contributed by atoms with Crippen molar-refractivity contribution in [3.63, 3.8) is 0 Å². The van der Waals surface area contributed by atoms with Gasteiger partial charge in [-0.3, -0.25) is 4.79 Å². The highest BCUT2D eigenvalue weighted by atomic mass is 16.6. The predicted octanol–water partition coefficient (Wildman–Crippen LogP) is 3.87. The molecule has 5 rings (SSSR count). The quantitative estimate of drug-likeness (QED) is 0.836. The average Bonchev–Trinajstić information content (AvgIpc) is 3.32. The second-order valence-corrected chi connectivity index (χ2v) is 8.73. The molecule has 2 fully saturated rings. The molecule has 3 aliphatic carbocycles. The van der Waals surface area contributed by atoms with Crippen molar-refractivity contribution in [3.8, 4) is 11.5 Å². The Morgan fingerprint density at radius 3 is 2.62 bits per heavy atom. The lowest BCUT2D eigenvalue weighted by molar-refractivity contribution is -0.127. The van der Waals surface area contributed by atoms with Gasteiger partial charge in [0.05, 0.1) is 6.04 Å². The highest BCUT2D eigenvalue weighted by Crippen LogP contribution is 2.70. The monoisotopic (exact) mass is 353 g/mol. The summed E-state index contributed by atoms with van der Waals surface area (Å²) >= 11 is 0. The highest BCUT2D eigenvalue weighted by Gasteiger charge is 2.64. The van der Waals surface area contributed by atoms with Crippen LogP contribution in [0.1, 0.15) is 44.7 Å². The van der Waals surface area contributed by atoms with Crippen molar-refractivity contribution in [1.29, 1.82) is 0 Å². The Hall–Kier alpha value is -1.97. The van der Waals surface area contributed by atoms with Gasteiger partial charge in [-0.25, -0.2) is 0 Å². The van der Waals surface area contributed by atoms with E-state index in [1.165, 1.54) is 12.8 Å². The first-order valence-electron chi connectivity index (χ1n) is 9.97. The molecule has 1 N–H and O–H groups in total. The van der Waals surface area contributed by atoms with Crippen LogP contribution in [0.4, 0.5) is 0 Å². The zero-order chi connectivity index (χ0) is 17.9. The number of ether oxygens (including phenoxy) is 2. The Morgan fingerprint density at radius 1 is 1.15 bits per heavy atom. The maximum absolute atomic E-state index is 13.1. The molecule has 1 aliphatic heterocycles. The number of fused-ring (bicyclic) bond motifs is 1. The summed E-state index contributed by atoms with van der Waals surface area (Å²) in [5, 5.41) is 3.36. The van der Waals surface area contributed by atoms with Gasteiger partial charge in [-0.15, -0.1) is 0 Å². The van der Waals surface area contributed by atoms with Crippen molar-refractivity contribution in [3.05, 3.63) is 35.9 Å². The van der Waals surface area contributed by atoms with Crippen LogP contribution < -0.4 is 14.8 Å². The first kappa shape index (κ1) is 16.2. The standard InChI is InChI=1S/C22H27NO3/c1-13(2)20(14-3-6-18-19(11-14)26-10-9-25-18)23-21(24)16-12-15-4-5-17(16)22(15)7-8-22/h3-6,11,13,15-17,20H,7-10,12H2,1-2H3,(H,23,24)/t15-,16+,17-,20-/m1/s1. The van der Waals surface area contributed by atoms with Crippen molar-refractivity contribution in [2.75, 3.05) is 13.2 Å². The molecule has 26 heavy (non-hydrogen) atoms. The van der Waals surface area contributed by atoms with E-state index in [1.807, 2.05) is 12.1 Å². The molecule has 4 atom stereocenters. The van der Waals surface area contributed by atoms with Crippen LogP contribution in [0.5, 0.6) is 11.5 Å². The Kier molecular flexibility index (Phi) is 3.60. The molecule has 2 saturated carbocycles. The highest BCUT2D eigenvalue weighted by molar-refractivity contribution is 5.81. The second kappa shape index (κ2) is 5.77. The zero-order valence-corrected chi connectivity index (χ0v) is 15.5. The lowest BCUT2D eigenvalue weighted by Gasteiger charge is -2.28. The molecular formula is C22H27NO3. The third-order valence-electron chi connectivity index (χ3n) is 6.95. The van der Waals surface area contributed by atoms with Crippen LogP contribution in [-0.2, 0) is 4.79 Å². The van der Waals surface area contributed by atoms with Crippen LogP contribution in [0.3, 0.4) is 0 Å². The molecule has 1 spiro atoms.